The Bertz CT molecular complexity index is 456. The van der Waals surface area contributed by atoms with Gasteiger partial charge in [0.1, 0.15) is 12.4 Å². The molecule has 1 N–H and O–H groups in total. The monoisotopic (exact) mass is 307 g/mol. The van der Waals surface area contributed by atoms with Crippen molar-refractivity contribution in [3.05, 3.63) is 34.4 Å². The fraction of sp³-hybridized carbons (Fsp3) is 0.625. The SMILES string of the molecule is CNCCC1CCN(CCOc2ccc([N+](=O)[O-])cc2)CC1. The molecule has 1 aliphatic heterocycles. The second-order valence-corrected chi connectivity index (χ2v) is 5.78. The number of nitro groups is 1. The number of benzene rings is 1. The Balaban J connectivity index is 1.64. The molecule has 2 rings (SSSR count). The lowest BCUT2D eigenvalue weighted by molar-refractivity contribution is -0.384. The molecule has 1 saturated heterocycles. The average Bonchev–Trinajstić information content (AvgIpc) is 2.54. The van der Waals surface area contributed by atoms with Crippen molar-refractivity contribution in [2.24, 2.45) is 5.92 Å². The van der Waals surface area contributed by atoms with Gasteiger partial charge in [0.2, 0.25) is 0 Å². The van der Waals surface area contributed by atoms with Crippen LogP contribution in [0.5, 0.6) is 5.75 Å². The number of ether oxygens (including phenoxy) is 1. The first-order chi connectivity index (χ1) is 10.7. The molecule has 1 fully saturated rings. The molecule has 1 heterocycles. The molecule has 1 aromatic carbocycles. The van der Waals surface area contributed by atoms with E-state index in [0.29, 0.717) is 12.4 Å². The van der Waals surface area contributed by atoms with Crippen LogP contribution in [-0.2, 0) is 0 Å². The van der Waals surface area contributed by atoms with Crippen LogP contribution in [0.15, 0.2) is 24.3 Å². The normalized spacial score (nSPS) is 16.6. The Morgan fingerprint density at radius 2 is 2.00 bits per heavy atom. The molecule has 1 aliphatic rings. The standard InChI is InChI=1S/C16H25N3O3/c1-17-9-6-14-7-10-18(11-8-14)12-13-22-16-4-2-15(3-5-16)19(20)21/h2-5,14,17H,6-13H2,1H3. The highest BCUT2D eigenvalue weighted by Gasteiger charge is 2.18. The van der Waals surface area contributed by atoms with Gasteiger partial charge in [-0.15, -0.1) is 0 Å². The van der Waals surface area contributed by atoms with E-state index >= 15 is 0 Å². The first-order valence-electron chi connectivity index (χ1n) is 7.93. The molecular formula is C16H25N3O3. The van der Waals surface area contributed by atoms with Crippen LogP contribution in [0.3, 0.4) is 0 Å². The van der Waals surface area contributed by atoms with Gasteiger partial charge in [0.15, 0.2) is 0 Å². The summed E-state index contributed by atoms with van der Waals surface area (Å²) in [5.74, 6) is 1.54. The zero-order valence-corrected chi connectivity index (χ0v) is 13.2. The van der Waals surface area contributed by atoms with Gasteiger partial charge >= 0.3 is 0 Å². The molecule has 0 bridgehead atoms. The molecular weight excluding hydrogens is 282 g/mol. The molecule has 0 aromatic heterocycles. The first kappa shape index (κ1) is 16.7. The summed E-state index contributed by atoms with van der Waals surface area (Å²) in [6, 6.07) is 6.26. The summed E-state index contributed by atoms with van der Waals surface area (Å²) in [4.78, 5) is 12.6. The number of piperidine rings is 1. The molecule has 0 atom stereocenters. The lowest BCUT2D eigenvalue weighted by atomic mass is 9.93. The summed E-state index contributed by atoms with van der Waals surface area (Å²) < 4.78 is 5.66. The topological polar surface area (TPSA) is 67.6 Å². The van der Waals surface area contributed by atoms with Crippen LogP contribution in [0.4, 0.5) is 5.69 Å². The van der Waals surface area contributed by atoms with Gasteiger partial charge in [-0.2, -0.15) is 0 Å². The Morgan fingerprint density at radius 1 is 1.32 bits per heavy atom. The minimum Gasteiger partial charge on any atom is -0.492 e. The van der Waals surface area contributed by atoms with Gasteiger partial charge < -0.3 is 10.1 Å². The molecule has 0 radical (unpaired) electrons. The predicted molar refractivity (Wildman–Crippen MR) is 86.3 cm³/mol. The van der Waals surface area contributed by atoms with E-state index in [9.17, 15) is 10.1 Å². The maximum atomic E-state index is 10.6. The third-order valence-corrected chi connectivity index (χ3v) is 4.23. The van der Waals surface area contributed by atoms with E-state index < -0.39 is 4.92 Å². The molecule has 122 valence electrons. The Kier molecular flexibility index (Phi) is 6.61. The van der Waals surface area contributed by atoms with Crippen LogP contribution in [0.25, 0.3) is 0 Å². The molecule has 0 amide bonds. The molecule has 1 aromatic rings. The fourth-order valence-electron chi connectivity index (χ4n) is 2.80. The van der Waals surface area contributed by atoms with E-state index in [1.54, 1.807) is 12.1 Å². The lowest BCUT2D eigenvalue weighted by Crippen LogP contribution is -2.37. The van der Waals surface area contributed by atoms with E-state index in [-0.39, 0.29) is 5.69 Å². The number of nitrogens with one attached hydrogen (secondary N) is 1. The van der Waals surface area contributed by atoms with Gasteiger partial charge in [0, 0.05) is 18.7 Å². The number of hydrogen-bond donors (Lipinski definition) is 1. The summed E-state index contributed by atoms with van der Waals surface area (Å²) in [5, 5.41) is 13.8. The average molecular weight is 307 g/mol. The zero-order chi connectivity index (χ0) is 15.8. The van der Waals surface area contributed by atoms with E-state index in [0.717, 1.165) is 32.1 Å². The maximum absolute atomic E-state index is 10.6. The maximum Gasteiger partial charge on any atom is 0.269 e. The van der Waals surface area contributed by atoms with E-state index in [1.165, 1.54) is 31.4 Å². The van der Waals surface area contributed by atoms with Crippen molar-refractivity contribution < 1.29 is 9.66 Å². The number of nitro benzene ring substituents is 1. The minimum atomic E-state index is -0.401. The van der Waals surface area contributed by atoms with Crippen molar-refractivity contribution in [2.45, 2.75) is 19.3 Å². The van der Waals surface area contributed by atoms with Gasteiger partial charge in [0.05, 0.1) is 4.92 Å². The number of hydrogen-bond acceptors (Lipinski definition) is 5. The minimum absolute atomic E-state index is 0.0935. The van der Waals surface area contributed by atoms with Crippen molar-refractivity contribution in [2.75, 3.05) is 39.8 Å². The molecule has 0 unspecified atom stereocenters. The second-order valence-electron chi connectivity index (χ2n) is 5.78. The predicted octanol–water partition coefficient (Wildman–Crippen LogP) is 2.30. The molecule has 0 saturated carbocycles. The van der Waals surface area contributed by atoms with Crippen molar-refractivity contribution in [3.63, 3.8) is 0 Å². The first-order valence-corrected chi connectivity index (χ1v) is 7.93. The largest absolute Gasteiger partial charge is 0.492 e. The van der Waals surface area contributed by atoms with Gasteiger partial charge in [-0.05, 0) is 64.0 Å². The van der Waals surface area contributed by atoms with E-state index in [2.05, 4.69) is 10.2 Å². The molecule has 6 nitrogen and oxygen atoms in total. The molecule has 0 spiro atoms. The van der Waals surface area contributed by atoms with Crippen LogP contribution in [-0.4, -0.2) is 49.7 Å². The van der Waals surface area contributed by atoms with Crippen LogP contribution in [0.2, 0.25) is 0 Å². The van der Waals surface area contributed by atoms with Gasteiger partial charge in [0.25, 0.3) is 5.69 Å². The fourth-order valence-corrected chi connectivity index (χ4v) is 2.80. The van der Waals surface area contributed by atoms with Crippen molar-refractivity contribution in [1.29, 1.82) is 0 Å². The summed E-state index contributed by atoms with van der Waals surface area (Å²) >= 11 is 0. The van der Waals surface area contributed by atoms with Crippen molar-refractivity contribution in [3.8, 4) is 5.75 Å². The number of nitrogens with zero attached hydrogens (tertiary/aromatic N) is 2. The highest BCUT2D eigenvalue weighted by Crippen LogP contribution is 2.20. The van der Waals surface area contributed by atoms with E-state index in [1.807, 2.05) is 7.05 Å². The summed E-state index contributed by atoms with van der Waals surface area (Å²) in [6.07, 6.45) is 3.79. The van der Waals surface area contributed by atoms with Crippen LogP contribution in [0.1, 0.15) is 19.3 Å². The molecule has 6 heteroatoms. The number of likely N-dealkylation sites (tertiary alicyclic amines) is 1. The number of rotatable bonds is 8. The van der Waals surface area contributed by atoms with Crippen LogP contribution in [0, 0.1) is 16.0 Å². The summed E-state index contributed by atoms with van der Waals surface area (Å²) in [7, 11) is 2.00. The van der Waals surface area contributed by atoms with Gasteiger partial charge in [-0.25, -0.2) is 0 Å². The van der Waals surface area contributed by atoms with E-state index in [4.69, 9.17) is 4.74 Å². The third-order valence-electron chi connectivity index (χ3n) is 4.23. The van der Waals surface area contributed by atoms with Gasteiger partial charge in [-0.3, -0.25) is 15.0 Å². The molecule has 0 aliphatic carbocycles. The van der Waals surface area contributed by atoms with Crippen molar-refractivity contribution in [1.82, 2.24) is 10.2 Å². The quantitative estimate of drug-likeness (QED) is 0.589. The molecule has 22 heavy (non-hydrogen) atoms. The highest BCUT2D eigenvalue weighted by molar-refractivity contribution is 5.35. The number of non-ortho nitro benzene ring substituents is 1. The van der Waals surface area contributed by atoms with Crippen LogP contribution < -0.4 is 10.1 Å². The summed E-state index contributed by atoms with van der Waals surface area (Å²) in [6.45, 7) is 4.92. The lowest BCUT2D eigenvalue weighted by Gasteiger charge is -2.31. The van der Waals surface area contributed by atoms with Gasteiger partial charge in [-0.1, -0.05) is 0 Å². The Hall–Kier alpha value is -1.66. The smallest absolute Gasteiger partial charge is 0.269 e. The highest BCUT2D eigenvalue weighted by atomic mass is 16.6. The second kappa shape index (κ2) is 8.70. The zero-order valence-electron chi connectivity index (χ0n) is 13.2. The Morgan fingerprint density at radius 3 is 2.59 bits per heavy atom. The summed E-state index contributed by atoms with van der Waals surface area (Å²) in [5.41, 5.74) is 0.0935. The van der Waals surface area contributed by atoms with Crippen molar-refractivity contribution >= 4 is 5.69 Å². The third kappa shape index (κ3) is 5.27. The van der Waals surface area contributed by atoms with Crippen LogP contribution >= 0.6 is 0 Å². The Labute approximate surface area is 131 Å².